The van der Waals surface area contributed by atoms with Crippen molar-refractivity contribution in [3.63, 3.8) is 0 Å². The molecule has 1 heterocycles. The molecular formula is C19H26F3N3O. The number of hydrogen-bond acceptors (Lipinski definition) is 3. The summed E-state index contributed by atoms with van der Waals surface area (Å²) >= 11 is 0. The van der Waals surface area contributed by atoms with Crippen molar-refractivity contribution in [2.45, 2.75) is 57.7 Å². The Morgan fingerprint density at radius 1 is 1.15 bits per heavy atom. The van der Waals surface area contributed by atoms with Crippen LogP contribution < -0.4 is 16.0 Å². The zero-order valence-electron chi connectivity index (χ0n) is 15.0. The summed E-state index contributed by atoms with van der Waals surface area (Å²) in [6, 6.07) is 3.42. The molecule has 1 saturated heterocycles. The minimum absolute atomic E-state index is 0.0729. The molecule has 3 rings (SSSR count). The molecule has 26 heavy (non-hydrogen) atoms. The summed E-state index contributed by atoms with van der Waals surface area (Å²) in [5.74, 6) is -1.49. The number of carbonyl (C=O) groups excluding carboxylic acids is 1. The van der Waals surface area contributed by atoms with Gasteiger partial charge in [-0.3, -0.25) is 4.79 Å². The highest BCUT2D eigenvalue weighted by molar-refractivity contribution is 6.01. The van der Waals surface area contributed by atoms with Gasteiger partial charge < -0.3 is 16.0 Å². The van der Waals surface area contributed by atoms with E-state index in [9.17, 15) is 18.0 Å². The molecule has 0 unspecified atom stereocenters. The highest BCUT2D eigenvalue weighted by Gasteiger charge is 2.41. The lowest BCUT2D eigenvalue weighted by atomic mass is 9.85. The molecule has 4 nitrogen and oxygen atoms in total. The van der Waals surface area contributed by atoms with Crippen molar-refractivity contribution in [1.29, 1.82) is 0 Å². The van der Waals surface area contributed by atoms with Crippen LogP contribution in [0.4, 0.5) is 24.5 Å². The summed E-state index contributed by atoms with van der Waals surface area (Å²) < 4.78 is 38.4. The van der Waals surface area contributed by atoms with E-state index in [1.165, 1.54) is 0 Å². The van der Waals surface area contributed by atoms with Gasteiger partial charge in [0.15, 0.2) is 0 Å². The van der Waals surface area contributed by atoms with Crippen LogP contribution in [0.1, 0.15) is 54.4 Å². The van der Waals surface area contributed by atoms with E-state index in [0.717, 1.165) is 37.2 Å². The number of rotatable bonds is 3. The number of hydrogen-bond donors (Lipinski definition) is 2. The molecule has 144 valence electrons. The molecule has 7 heteroatoms. The second kappa shape index (κ2) is 7.37. The van der Waals surface area contributed by atoms with Gasteiger partial charge in [0, 0.05) is 30.5 Å². The molecule has 1 aliphatic heterocycles. The zero-order valence-corrected chi connectivity index (χ0v) is 15.0. The largest absolute Gasteiger partial charge is 0.398 e. The number of nitrogens with two attached hydrogens (primary N) is 1. The summed E-state index contributed by atoms with van der Waals surface area (Å²) in [4.78, 5) is 15.0. The molecule has 1 aromatic carbocycles. The molecule has 0 bridgehead atoms. The average Bonchev–Trinajstić information content (AvgIpc) is 3.11. The highest BCUT2D eigenvalue weighted by Crippen LogP contribution is 2.37. The molecule has 2 aliphatic rings. The van der Waals surface area contributed by atoms with Crippen molar-refractivity contribution in [2.75, 3.05) is 23.7 Å². The Hall–Kier alpha value is -1.92. The third-order valence-electron chi connectivity index (χ3n) is 5.60. The number of aryl methyl sites for hydroxylation is 1. The number of halogens is 3. The van der Waals surface area contributed by atoms with Crippen LogP contribution in [-0.4, -0.2) is 31.2 Å². The minimum atomic E-state index is -4.14. The first-order valence-electron chi connectivity index (χ1n) is 9.28. The second-order valence-corrected chi connectivity index (χ2v) is 7.48. The van der Waals surface area contributed by atoms with Crippen LogP contribution in [0.15, 0.2) is 12.1 Å². The van der Waals surface area contributed by atoms with E-state index >= 15 is 0 Å². The predicted octanol–water partition coefficient (Wildman–Crippen LogP) is 4.03. The van der Waals surface area contributed by atoms with Gasteiger partial charge in [0.1, 0.15) is 0 Å². The van der Waals surface area contributed by atoms with Crippen molar-refractivity contribution in [2.24, 2.45) is 5.92 Å². The van der Waals surface area contributed by atoms with Crippen molar-refractivity contribution in [3.05, 3.63) is 23.3 Å². The van der Waals surface area contributed by atoms with Crippen molar-refractivity contribution >= 4 is 17.3 Å². The summed E-state index contributed by atoms with van der Waals surface area (Å²) in [6.45, 7) is 3.72. The maximum absolute atomic E-state index is 12.8. The van der Waals surface area contributed by atoms with Crippen LogP contribution in [0.3, 0.4) is 0 Å². The number of benzene rings is 1. The number of amides is 1. The Morgan fingerprint density at radius 2 is 1.77 bits per heavy atom. The first-order valence-corrected chi connectivity index (χ1v) is 9.28. The van der Waals surface area contributed by atoms with Crippen LogP contribution >= 0.6 is 0 Å². The van der Waals surface area contributed by atoms with E-state index in [2.05, 4.69) is 10.2 Å². The predicted molar refractivity (Wildman–Crippen MR) is 96.3 cm³/mol. The molecule has 1 amide bonds. The number of carbonyl (C=O) groups is 1. The first-order chi connectivity index (χ1) is 12.3. The average molecular weight is 369 g/mol. The maximum atomic E-state index is 12.8. The lowest BCUT2D eigenvalue weighted by molar-refractivity contribution is -0.182. The molecular weight excluding hydrogens is 343 g/mol. The Balaban J connectivity index is 1.71. The minimum Gasteiger partial charge on any atom is -0.398 e. The Bertz CT molecular complexity index is 661. The number of anilines is 2. The zero-order chi connectivity index (χ0) is 18.9. The van der Waals surface area contributed by atoms with Gasteiger partial charge >= 0.3 is 6.18 Å². The van der Waals surface area contributed by atoms with Gasteiger partial charge in [-0.1, -0.05) is 0 Å². The Kier molecular flexibility index (Phi) is 5.34. The van der Waals surface area contributed by atoms with Crippen LogP contribution in [0.5, 0.6) is 0 Å². The lowest BCUT2D eigenvalue weighted by Gasteiger charge is -2.31. The van der Waals surface area contributed by atoms with E-state index < -0.39 is 12.1 Å². The van der Waals surface area contributed by atoms with Gasteiger partial charge in [-0.2, -0.15) is 13.2 Å². The normalized spacial score (nSPS) is 23.9. The third-order valence-corrected chi connectivity index (χ3v) is 5.60. The van der Waals surface area contributed by atoms with E-state index in [4.69, 9.17) is 5.73 Å². The molecule has 3 N–H and O–H groups in total. The van der Waals surface area contributed by atoms with Crippen molar-refractivity contribution < 1.29 is 18.0 Å². The third kappa shape index (κ3) is 4.07. The van der Waals surface area contributed by atoms with Crippen LogP contribution in [-0.2, 0) is 0 Å². The summed E-state index contributed by atoms with van der Waals surface area (Å²) in [7, 11) is 0. The molecule has 0 aromatic heterocycles. The maximum Gasteiger partial charge on any atom is 0.391 e. The SMILES string of the molecule is Cc1cc(N2CCCC2)c(C(=O)NC2CCC(C(F)(F)F)CC2)cc1N. The lowest BCUT2D eigenvalue weighted by Crippen LogP contribution is -2.40. The van der Waals surface area contributed by atoms with Gasteiger partial charge in [0.05, 0.1) is 11.5 Å². The first kappa shape index (κ1) is 18.9. The molecule has 2 fully saturated rings. The van der Waals surface area contributed by atoms with Crippen LogP contribution in [0.2, 0.25) is 0 Å². The molecule has 0 radical (unpaired) electrons. The topological polar surface area (TPSA) is 58.4 Å². The van der Waals surface area contributed by atoms with Gasteiger partial charge in [-0.05, 0) is 63.1 Å². The van der Waals surface area contributed by atoms with E-state index in [1.807, 2.05) is 13.0 Å². The van der Waals surface area contributed by atoms with Crippen molar-refractivity contribution in [3.8, 4) is 0 Å². The van der Waals surface area contributed by atoms with E-state index in [1.54, 1.807) is 6.07 Å². The monoisotopic (exact) mass is 369 g/mol. The van der Waals surface area contributed by atoms with Gasteiger partial charge in [-0.15, -0.1) is 0 Å². The summed E-state index contributed by atoms with van der Waals surface area (Å²) in [6.07, 6.45) is -1.10. The number of nitrogens with zero attached hydrogens (tertiary/aromatic N) is 1. The highest BCUT2D eigenvalue weighted by atomic mass is 19.4. The number of nitrogens with one attached hydrogen (secondary N) is 1. The fraction of sp³-hybridized carbons (Fsp3) is 0.632. The standard InChI is InChI=1S/C19H26F3N3O/c1-12-10-17(25-8-2-3-9-25)15(11-16(12)23)18(26)24-14-6-4-13(5-7-14)19(20,21)22/h10-11,13-14H,2-9,23H2,1H3,(H,24,26). The fourth-order valence-electron chi connectivity index (χ4n) is 3.94. The number of alkyl halides is 3. The van der Waals surface area contributed by atoms with Gasteiger partial charge in [0.25, 0.3) is 5.91 Å². The molecule has 0 spiro atoms. The Labute approximate surface area is 151 Å². The number of nitrogen functional groups attached to an aromatic ring is 1. The fourth-order valence-corrected chi connectivity index (χ4v) is 3.94. The quantitative estimate of drug-likeness (QED) is 0.791. The van der Waals surface area contributed by atoms with Gasteiger partial charge in [-0.25, -0.2) is 0 Å². The van der Waals surface area contributed by atoms with Crippen LogP contribution in [0.25, 0.3) is 0 Å². The van der Waals surface area contributed by atoms with Crippen molar-refractivity contribution in [1.82, 2.24) is 5.32 Å². The molecule has 0 atom stereocenters. The smallest absolute Gasteiger partial charge is 0.391 e. The van der Waals surface area contributed by atoms with E-state index in [0.29, 0.717) is 24.1 Å². The summed E-state index contributed by atoms with van der Waals surface area (Å²) in [5, 5.41) is 2.93. The van der Waals surface area contributed by atoms with Crippen LogP contribution in [0, 0.1) is 12.8 Å². The van der Waals surface area contributed by atoms with E-state index in [-0.39, 0.29) is 24.8 Å². The van der Waals surface area contributed by atoms with Gasteiger partial charge in [0.2, 0.25) is 0 Å². The summed E-state index contributed by atoms with van der Waals surface area (Å²) in [5.41, 5.74) is 8.87. The Morgan fingerprint density at radius 3 is 2.35 bits per heavy atom. The second-order valence-electron chi connectivity index (χ2n) is 7.48. The molecule has 1 saturated carbocycles. The molecule has 1 aliphatic carbocycles. The molecule has 1 aromatic rings.